The molecule has 108 valence electrons. The molecule has 0 saturated heterocycles. The molecule has 1 unspecified atom stereocenters. The van der Waals surface area contributed by atoms with Crippen LogP contribution in [0.2, 0.25) is 0 Å². The Morgan fingerprint density at radius 2 is 1.83 bits per heavy atom. The minimum Gasteiger partial charge on any atom is -0.314 e. The van der Waals surface area contributed by atoms with Gasteiger partial charge in [-0.1, -0.05) is 33.1 Å². The Morgan fingerprint density at radius 1 is 1.17 bits per heavy atom. The first-order valence-electron chi connectivity index (χ1n) is 7.53. The van der Waals surface area contributed by atoms with Gasteiger partial charge in [-0.15, -0.1) is 0 Å². The molecule has 1 rings (SSSR count). The summed E-state index contributed by atoms with van der Waals surface area (Å²) < 4.78 is 22.8. The third kappa shape index (κ3) is 5.70. The molecular weight excluding hydrogens is 246 g/mol. The van der Waals surface area contributed by atoms with Gasteiger partial charge < -0.3 is 5.32 Å². The van der Waals surface area contributed by atoms with Gasteiger partial charge in [0.15, 0.2) is 0 Å². The van der Waals surface area contributed by atoms with Gasteiger partial charge in [-0.25, -0.2) is 8.42 Å². The lowest BCUT2D eigenvalue weighted by Gasteiger charge is -2.30. The molecule has 3 nitrogen and oxygen atoms in total. The average Bonchev–Trinajstić information content (AvgIpc) is 2.40. The van der Waals surface area contributed by atoms with Crippen molar-refractivity contribution in [3.05, 3.63) is 0 Å². The molecule has 1 aliphatic carbocycles. The fraction of sp³-hybridized carbons (Fsp3) is 1.00. The summed E-state index contributed by atoms with van der Waals surface area (Å²) in [6.07, 6.45) is 8.73. The lowest BCUT2D eigenvalue weighted by Crippen LogP contribution is -2.37. The number of sulfone groups is 1. The Balaban J connectivity index is 2.23. The maximum absolute atomic E-state index is 11.4. The summed E-state index contributed by atoms with van der Waals surface area (Å²) in [5.41, 5.74) is 0. The van der Waals surface area contributed by atoms with Crippen LogP contribution in [0.5, 0.6) is 0 Å². The fourth-order valence-corrected chi connectivity index (χ4v) is 3.78. The van der Waals surface area contributed by atoms with Crippen molar-refractivity contribution in [2.75, 3.05) is 18.1 Å². The van der Waals surface area contributed by atoms with E-state index in [9.17, 15) is 8.42 Å². The molecule has 0 aromatic heterocycles. The highest BCUT2D eigenvalue weighted by atomic mass is 32.2. The number of rotatable bonds is 8. The molecule has 1 saturated carbocycles. The normalized spacial score (nSPS) is 19.9. The van der Waals surface area contributed by atoms with Gasteiger partial charge in [-0.05, 0) is 38.1 Å². The maximum atomic E-state index is 11.4. The van der Waals surface area contributed by atoms with Gasteiger partial charge in [-0.2, -0.15) is 0 Å². The maximum Gasteiger partial charge on any atom is 0.150 e. The monoisotopic (exact) mass is 275 g/mol. The van der Waals surface area contributed by atoms with Gasteiger partial charge in [0.05, 0.1) is 5.75 Å². The zero-order chi connectivity index (χ0) is 13.4. The molecule has 1 atom stereocenters. The van der Waals surface area contributed by atoms with Crippen molar-refractivity contribution < 1.29 is 8.42 Å². The van der Waals surface area contributed by atoms with Crippen LogP contribution in [0.1, 0.15) is 58.8 Å². The summed E-state index contributed by atoms with van der Waals surface area (Å²) in [7, 11) is -2.79. The van der Waals surface area contributed by atoms with Crippen LogP contribution in [0.15, 0.2) is 0 Å². The van der Waals surface area contributed by atoms with Gasteiger partial charge in [-0.3, -0.25) is 0 Å². The van der Waals surface area contributed by atoms with E-state index in [1.165, 1.54) is 32.1 Å². The molecule has 4 heteroatoms. The molecular formula is C14H29NO2S. The summed E-state index contributed by atoms with van der Waals surface area (Å²) in [5, 5.41) is 3.57. The third-order valence-electron chi connectivity index (χ3n) is 4.14. The summed E-state index contributed by atoms with van der Waals surface area (Å²) in [6, 6.07) is 0.592. The topological polar surface area (TPSA) is 46.2 Å². The molecule has 0 radical (unpaired) electrons. The van der Waals surface area contributed by atoms with Crippen LogP contribution in [0, 0.1) is 5.92 Å². The van der Waals surface area contributed by atoms with Gasteiger partial charge in [0.1, 0.15) is 9.84 Å². The second-order valence-electron chi connectivity index (χ2n) is 5.46. The van der Waals surface area contributed by atoms with E-state index in [-0.39, 0.29) is 5.75 Å². The van der Waals surface area contributed by atoms with Gasteiger partial charge in [0, 0.05) is 11.8 Å². The molecule has 1 N–H and O–H groups in total. The fourth-order valence-electron chi connectivity index (χ4n) is 2.90. The quantitative estimate of drug-likeness (QED) is 0.693. The Hall–Kier alpha value is -0.0900. The molecule has 18 heavy (non-hydrogen) atoms. The van der Waals surface area contributed by atoms with Crippen LogP contribution < -0.4 is 5.32 Å². The van der Waals surface area contributed by atoms with Crippen LogP contribution in [-0.4, -0.2) is 32.5 Å². The molecule has 0 aromatic carbocycles. The zero-order valence-corrected chi connectivity index (χ0v) is 12.8. The standard InChI is InChI=1S/C14H29NO2S/c1-3-14(13-9-6-5-7-10-13)15-11-8-12-18(16,17)4-2/h13-15H,3-12H2,1-2H3. The second-order valence-corrected chi connectivity index (χ2v) is 7.93. The Kier molecular flexibility index (Phi) is 7.23. The number of nitrogens with one attached hydrogen (secondary N) is 1. The van der Waals surface area contributed by atoms with Gasteiger partial charge >= 0.3 is 0 Å². The van der Waals surface area contributed by atoms with Crippen molar-refractivity contribution in [3.63, 3.8) is 0 Å². The molecule has 0 aliphatic heterocycles. The van der Waals surface area contributed by atoms with E-state index in [2.05, 4.69) is 12.2 Å². The van der Waals surface area contributed by atoms with Gasteiger partial charge in [0.25, 0.3) is 0 Å². The van der Waals surface area contributed by atoms with Crippen molar-refractivity contribution >= 4 is 9.84 Å². The van der Waals surface area contributed by atoms with Crippen LogP contribution in [-0.2, 0) is 9.84 Å². The molecule has 0 spiro atoms. The predicted octanol–water partition coefficient (Wildman–Crippen LogP) is 2.76. The number of hydrogen-bond donors (Lipinski definition) is 1. The van der Waals surface area contributed by atoms with Crippen molar-refractivity contribution in [2.24, 2.45) is 5.92 Å². The van der Waals surface area contributed by atoms with Crippen LogP contribution in [0.3, 0.4) is 0 Å². The Morgan fingerprint density at radius 3 is 2.39 bits per heavy atom. The first kappa shape index (κ1) is 16.0. The second kappa shape index (κ2) is 8.16. The van der Waals surface area contributed by atoms with E-state index in [4.69, 9.17) is 0 Å². The molecule has 0 heterocycles. The first-order valence-corrected chi connectivity index (χ1v) is 9.35. The smallest absolute Gasteiger partial charge is 0.150 e. The molecule has 0 bridgehead atoms. The SMILES string of the molecule is CCC(NCCCS(=O)(=O)CC)C1CCCCC1. The Bertz CT molecular complexity index is 308. The van der Waals surface area contributed by atoms with Crippen molar-refractivity contribution in [3.8, 4) is 0 Å². The summed E-state index contributed by atoms with van der Waals surface area (Å²) in [6.45, 7) is 4.79. The highest BCUT2D eigenvalue weighted by Crippen LogP contribution is 2.27. The van der Waals surface area contributed by atoms with Crippen LogP contribution >= 0.6 is 0 Å². The average molecular weight is 275 g/mol. The predicted molar refractivity (Wildman–Crippen MR) is 77.6 cm³/mol. The van der Waals surface area contributed by atoms with E-state index < -0.39 is 9.84 Å². The molecule has 1 fully saturated rings. The molecule has 1 aliphatic rings. The summed E-state index contributed by atoms with van der Waals surface area (Å²) in [4.78, 5) is 0. The summed E-state index contributed by atoms with van der Waals surface area (Å²) in [5.74, 6) is 1.41. The van der Waals surface area contributed by atoms with Crippen molar-refractivity contribution in [2.45, 2.75) is 64.8 Å². The van der Waals surface area contributed by atoms with E-state index in [0.29, 0.717) is 11.8 Å². The lowest BCUT2D eigenvalue weighted by atomic mass is 9.83. The van der Waals surface area contributed by atoms with E-state index in [1.54, 1.807) is 6.92 Å². The van der Waals surface area contributed by atoms with Crippen LogP contribution in [0.25, 0.3) is 0 Å². The number of hydrogen-bond acceptors (Lipinski definition) is 3. The van der Waals surface area contributed by atoms with Crippen molar-refractivity contribution in [1.82, 2.24) is 5.32 Å². The van der Waals surface area contributed by atoms with E-state index in [1.807, 2.05) is 0 Å². The lowest BCUT2D eigenvalue weighted by molar-refractivity contribution is 0.263. The molecule has 0 aromatic rings. The van der Waals surface area contributed by atoms with Crippen molar-refractivity contribution in [1.29, 1.82) is 0 Å². The minimum atomic E-state index is -2.79. The highest BCUT2D eigenvalue weighted by molar-refractivity contribution is 7.91. The third-order valence-corrected chi connectivity index (χ3v) is 5.93. The Labute approximate surface area is 113 Å². The van der Waals surface area contributed by atoms with E-state index >= 15 is 0 Å². The summed E-state index contributed by atoms with van der Waals surface area (Å²) >= 11 is 0. The van der Waals surface area contributed by atoms with E-state index in [0.717, 1.165) is 25.3 Å². The minimum absolute atomic E-state index is 0.271. The first-order chi connectivity index (χ1) is 8.59. The molecule has 0 amide bonds. The van der Waals surface area contributed by atoms with Gasteiger partial charge in [0.2, 0.25) is 0 Å². The largest absolute Gasteiger partial charge is 0.314 e. The van der Waals surface area contributed by atoms with Crippen LogP contribution in [0.4, 0.5) is 0 Å². The highest BCUT2D eigenvalue weighted by Gasteiger charge is 2.21. The zero-order valence-electron chi connectivity index (χ0n) is 12.0.